The lowest BCUT2D eigenvalue weighted by Gasteiger charge is -2.27. The van der Waals surface area contributed by atoms with E-state index in [2.05, 4.69) is 30.4 Å². The first kappa shape index (κ1) is 12.0. The molecule has 0 saturated heterocycles. The van der Waals surface area contributed by atoms with Gasteiger partial charge in [0.1, 0.15) is 5.75 Å². The highest BCUT2D eigenvalue weighted by Crippen LogP contribution is 2.49. The summed E-state index contributed by atoms with van der Waals surface area (Å²) in [6.45, 7) is 2.26. The molecule has 0 aliphatic heterocycles. The van der Waals surface area contributed by atoms with Crippen LogP contribution >= 0.6 is 0 Å². The zero-order chi connectivity index (χ0) is 12.5. The van der Waals surface area contributed by atoms with Gasteiger partial charge in [-0.3, -0.25) is 0 Å². The van der Waals surface area contributed by atoms with Crippen LogP contribution in [-0.2, 0) is 0 Å². The van der Waals surface area contributed by atoms with Gasteiger partial charge in [-0.25, -0.2) is 0 Å². The third-order valence-corrected chi connectivity index (χ3v) is 4.64. The maximum absolute atomic E-state index is 5.30. The summed E-state index contributed by atoms with van der Waals surface area (Å²) in [6.07, 6.45) is 5.69. The number of methoxy groups -OCH3 is 1. The first-order chi connectivity index (χ1) is 8.78. The summed E-state index contributed by atoms with van der Waals surface area (Å²) in [5.41, 5.74) is 1.33. The molecule has 0 bridgehead atoms. The second-order valence-electron chi connectivity index (χ2n) is 5.86. The summed E-state index contributed by atoms with van der Waals surface area (Å²) < 4.78 is 5.30. The number of rotatable bonds is 4. The van der Waals surface area contributed by atoms with Crippen molar-refractivity contribution < 1.29 is 4.74 Å². The van der Waals surface area contributed by atoms with Crippen molar-refractivity contribution >= 4 is 0 Å². The molecule has 1 aromatic rings. The fourth-order valence-corrected chi connectivity index (χ4v) is 3.44. The number of nitrogens with one attached hydrogen (secondary N) is 1. The molecule has 2 heteroatoms. The van der Waals surface area contributed by atoms with E-state index < -0.39 is 0 Å². The fraction of sp³-hybridized carbons (Fsp3) is 0.625. The van der Waals surface area contributed by atoms with Crippen LogP contribution in [0.15, 0.2) is 24.3 Å². The Labute approximate surface area is 110 Å². The summed E-state index contributed by atoms with van der Waals surface area (Å²) in [6, 6.07) is 9.58. The second kappa shape index (κ2) is 4.93. The molecule has 0 spiro atoms. The third kappa shape index (κ3) is 2.39. The Hall–Kier alpha value is -1.02. The van der Waals surface area contributed by atoms with Crippen LogP contribution in [0.4, 0.5) is 0 Å². The monoisotopic (exact) mass is 245 g/mol. The van der Waals surface area contributed by atoms with Gasteiger partial charge in [-0.15, -0.1) is 0 Å². The number of hydrogen-bond acceptors (Lipinski definition) is 2. The first-order valence-electron chi connectivity index (χ1n) is 7.18. The van der Waals surface area contributed by atoms with Gasteiger partial charge >= 0.3 is 0 Å². The number of ether oxygens (including phenoxy) is 1. The summed E-state index contributed by atoms with van der Waals surface area (Å²) in [4.78, 5) is 0. The van der Waals surface area contributed by atoms with Crippen LogP contribution in [0.2, 0.25) is 0 Å². The molecule has 0 amide bonds. The van der Waals surface area contributed by atoms with Crippen LogP contribution in [0.3, 0.4) is 0 Å². The Bertz CT molecular complexity index is 417. The van der Waals surface area contributed by atoms with E-state index in [4.69, 9.17) is 4.74 Å². The zero-order valence-electron chi connectivity index (χ0n) is 11.4. The smallest absolute Gasteiger partial charge is 0.119 e. The molecule has 2 saturated carbocycles. The van der Waals surface area contributed by atoms with E-state index in [1.807, 2.05) is 6.07 Å². The van der Waals surface area contributed by atoms with E-state index in [0.717, 1.165) is 23.6 Å². The average molecular weight is 245 g/mol. The molecular weight excluding hydrogens is 222 g/mol. The van der Waals surface area contributed by atoms with E-state index >= 15 is 0 Å². The minimum Gasteiger partial charge on any atom is -0.497 e. The third-order valence-electron chi connectivity index (χ3n) is 4.64. The van der Waals surface area contributed by atoms with Crippen LogP contribution in [0, 0.1) is 11.8 Å². The van der Waals surface area contributed by atoms with E-state index in [1.54, 1.807) is 7.11 Å². The van der Waals surface area contributed by atoms with Crippen LogP contribution < -0.4 is 10.1 Å². The van der Waals surface area contributed by atoms with Crippen molar-refractivity contribution in [2.24, 2.45) is 11.8 Å². The molecule has 1 N–H and O–H groups in total. The van der Waals surface area contributed by atoms with Crippen LogP contribution in [0.25, 0.3) is 0 Å². The van der Waals surface area contributed by atoms with Crippen molar-refractivity contribution in [1.29, 1.82) is 0 Å². The summed E-state index contributed by atoms with van der Waals surface area (Å²) in [7, 11) is 1.73. The summed E-state index contributed by atoms with van der Waals surface area (Å²) >= 11 is 0. The molecule has 0 aromatic heterocycles. The van der Waals surface area contributed by atoms with E-state index in [9.17, 15) is 0 Å². The van der Waals surface area contributed by atoms with Gasteiger partial charge in [0.05, 0.1) is 7.11 Å². The molecule has 0 radical (unpaired) electrons. The Balaban J connectivity index is 1.64. The summed E-state index contributed by atoms with van der Waals surface area (Å²) in [5, 5.41) is 3.82. The van der Waals surface area contributed by atoms with Gasteiger partial charge in [0.2, 0.25) is 0 Å². The number of benzene rings is 1. The van der Waals surface area contributed by atoms with Gasteiger partial charge in [-0.1, -0.05) is 25.0 Å². The number of hydrogen-bond donors (Lipinski definition) is 1. The van der Waals surface area contributed by atoms with E-state index in [1.165, 1.54) is 31.2 Å². The quantitative estimate of drug-likeness (QED) is 0.876. The van der Waals surface area contributed by atoms with Crippen LogP contribution in [0.5, 0.6) is 5.75 Å². The van der Waals surface area contributed by atoms with Crippen molar-refractivity contribution in [2.45, 2.75) is 44.7 Å². The molecule has 1 unspecified atom stereocenters. The lowest BCUT2D eigenvalue weighted by atomic mass is 9.94. The molecule has 18 heavy (non-hydrogen) atoms. The minimum absolute atomic E-state index is 0.421. The van der Waals surface area contributed by atoms with Gasteiger partial charge < -0.3 is 10.1 Å². The van der Waals surface area contributed by atoms with Crippen LogP contribution in [-0.4, -0.2) is 13.2 Å². The zero-order valence-corrected chi connectivity index (χ0v) is 11.4. The molecule has 0 heterocycles. The topological polar surface area (TPSA) is 21.3 Å². The molecule has 98 valence electrons. The Morgan fingerprint density at radius 3 is 3.06 bits per heavy atom. The highest BCUT2D eigenvalue weighted by atomic mass is 16.5. The minimum atomic E-state index is 0.421. The molecule has 2 nitrogen and oxygen atoms in total. The van der Waals surface area contributed by atoms with Gasteiger partial charge in [0.15, 0.2) is 0 Å². The molecule has 2 fully saturated rings. The maximum atomic E-state index is 5.30. The SMILES string of the molecule is COc1cccc([C@@H](C)NC2CCC[C@H]3C[C@@H]23)c1. The fourth-order valence-electron chi connectivity index (χ4n) is 3.44. The predicted octanol–water partition coefficient (Wildman–Crippen LogP) is 3.53. The van der Waals surface area contributed by atoms with Gasteiger partial charge in [-0.05, 0) is 49.3 Å². The largest absolute Gasteiger partial charge is 0.497 e. The van der Waals surface area contributed by atoms with Gasteiger partial charge in [0, 0.05) is 12.1 Å². The molecule has 4 atom stereocenters. The normalized spacial score (nSPS) is 31.6. The lowest BCUT2D eigenvalue weighted by Crippen LogP contribution is -2.35. The molecule has 1 aromatic carbocycles. The highest BCUT2D eigenvalue weighted by Gasteiger charge is 2.45. The van der Waals surface area contributed by atoms with Crippen molar-refractivity contribution in [3.63, 3.8) is 0 Å². The second-order valence-corrected chi connectivity index (χ2v) is 5.86. The summed E-state index contributed by atoms with van der Waals surface area (Å²) in [5.74, 6) is 2.95. The van der Waals surface area contributed by atoms with Crippen LogP contribution in [0.1, 0.15) is 44.2 Å². The molecule has 2 aliphatic carbocycles. The first-order valence-corrected chi connectivity index (χ1v) is 7.18. The average Bonchev–Trinajstić information content (AvgIpc) is 3.19. The van der Waals surface area contributed by atoms with Gasteiger partial charge in [-0.2, -0.15) is 0 Å². The highest BCUT2D eigenvalue weighted by molar-refractivity contribution is 5.30. The van der Waals surface area contributed by atoms with Crippen molar-refractivity contribution in [3.8, 4) is 5.75 Å². The van der Waals surface area contributed by atoms with Gasteiger partial charge in [0.25, 0.3) is 0 Å². The number of fused-ring (bicyclic) bond motifs is 1. The molecular formula is C16H23NO. The Morgan fingerprint density at radius 2 is 2.22 bits per heavy atom. The van der Waals surface area contributed by atoms with Crippen molar-refractivity contribution in [2.75, 3.05) is 7.11 Å². The lowest BCUT2D eigenvalue weighted by molar-refractivity contribution is 0.328. The standard InChI is InChI=1S/C16H23NO/c1-11(12-5-3-7-14(9-12)18-2)17-16-8-4-6-13-10-15(13)16/h3,5,7,9,11,13,15-17H,4,6,8,10H2,1-2H3/t11-,13+,15-,16?/m1/s1. The Morgan fingerprint density at radius 1 is 1.33 bits per heavy atom. The van der Waals surface area contributed by atoms with Crippen molar-refractivity contribution in [1.82, 2.24) is 5.32 Å². The van der Waals surface area contributed by atoms with E-state index in [-0.39, 0.29) is 0 Å². The Kier molecular flexibility index (Phi) is 3.29. The van der Waals surface area contributed by atoms with E-state index in [0.29, 0.717) is 6.04 Å². The maximum Gasteiger partial charge on any atom is 0.119 e. The predicted molar refractivity (Wildman–Crippen MR) is 73.8 cm³/mol. The van der Waals surface area contributed by atoms with Crippen molar-refractivity contribution in [3.05, 3.63) is 29.8 Å². The molecule has 2 aliphatic rings. The molecule has 3 rings (SSSR count).